The number of rotatable bonds is 4. The molecule has 9 atom stereocenters. The first-order valence-corrected chi connectivity index (χ1v) is 11.3. The van der Waals surface area contributed by atoms with E-state index in [2.05, 4.69) is 0 Å². The summed E-state index contributed by atoms with van der Waals surface area (Å²) in [6.07, 6.45) is -5.02. The van der Waals surface area contributed by atoms with E-state index in [1.54, 1.807) is 0 Å². The monoisotopic (exact) mass is 488 g/mol. The number of carboxylic acids is 1. The summed E-state index contributed by atoms with van der Waals surface area (Å²) in [7, 11) is 0. The van der Waals surface area contributed by atoms with Crippen molar-refractivity contribution in [2.75, 3.05) is 0 Å². The molecule has 0 aliphatic heterocycles. The second kappa shape index (κ2) is 7.41. The van der Waals surface area contributed by atoms with Gasteiger partial charge in [-0.2, -0.15) is 0 Å². The number of fused-ring (bicyclic) bond motifs is 5. The number of aliphatic hydroxyl groups is 3. The Morgan fingerprint density at radius 3 is 2.55 bits per heavy atom. The van der Waals surface area contributed by atoms with Gasteiger partial charge in [-0.25, -0.2) is 8.78 Å². The lowest BCUT2D eigenvalue weighted by Gasteiger charge is -2.63. The van der Waals surface area contributed by atoms with E-state index >= 15 is 8.78 Å². The molecule has 0 aromatic heterocycles. The van der Waals surface area contributed by atoms with Gasteiger partial charge < -0.3 is 20.4 Å². The van der Waals surface area contributed by atoms with Crippen molar-refractivity contribution < 1.29 is 43.6 Å². The van der Waals surface area contributed by atoms with E-state index in [0.29, 0.717) is 0 Å². The van der Waals surface area contributed by atoms with Crippen molar-refractivity contribution in [2.24, 2.45) is 22.7 Å². The minimum absolute atomic E-state index is 0.0977. The fourth-order valence-corrected chi connectivity index (χ4v) is 7.47. The SMILES string of the molecule is C[C@]12C=C(Cl)C(=O)C=C1C(F)C[C@H]1[C@@H]3CC[C@](O)(C(=O)C(O)CC(=O)O)[C@@]3(C)CC(O)[C@@]12F. The van der Waals surface area contributed by atoms with Crippen molar-refractivity contribution in [3.8, 4) is 0 Å². The number of Topliss-reactive ketones (excluding diaryl/α,β-unsaturated/α-hetero) is 1. The van der Waals surface area contributed by atoms with Crippen LogP contribution in [0.5, 0.6) is 0 Å². The van der Waals surface area contributed by atoms with Gasteiger partial charge in [-0.05, 0) is 56.3 Å². The average Bonchev–Trinajstić information content (AvgIpc) is 2.97. The highest BCUT2D eigenvalue weighted by atomic mass is 35.5. The van der Waals surface area contributed by atoms with Crippen molar-refractivity contribution in [1.82, 2.24) is 0 Å². The zero-order valence-corrected chi connectivity index (χ0v) is 19.0. The number of alkyl halides is 2. The predicted octanol–water partition coefficient (Wildman–Crippen LogP) is 2.01. The highest BCUT2D eigenvalue weighted by Gasteiger charge is 2.75. The van der Waals surface area contributed by atoms with Crippen molar-refractivity contribution in [1.29, 1.82) is 0 Å². The smallest absolute Gasteiger partial charge is 0.306 e. The maximum atomic E-state index is 17.0. The van der Waals surface area contributed by atoms with Crippen LogP contribution in [-0.2, 0) is 14.4 Å². The predicted molar refractivity (Wildman–Crippen MR) is 112 cm³/mol. The first-order valence-electron chi connectivity index (χ1n) is 11.0. The number of aliphatic carboxylic acids is 1. The number of carboxylic acid groups (broad SMARTS) is 1. The molecule has 3 fully saturated rings. The van der Waals surface area contributed by atoms with Crippen LogP contribution in [0.3, 0.4) is 0 Å². The van der Waals surface area contributed by atoms with E-state index < -0.39 is 76.3 Å². The molecule has 4 N–H and O–H groups in total. The Kier molecular flexibility index (Phi) is 5.49. The molecule has 4 aliphatic carbocycles. The summed E-state index contributed by atoms with van der Waals surface area (Å²) in [6.45, 7) is 2.88. The third kappa shape index (κ3) is 2.98. The summed E-state index contributed by atoms with van der Waals surface area (Å²) >= 11 is 6.00. The van der Waals surface area contributed by atoms with Gasteiger partial charge in [-0.3, -0.25) is 14.4 Å². The molecule has 7 nitrogen and oxygen atoms in total. The first kappa shape index (κ1) is 24.4. The van der Waals surface area contributed by atoms with Crippen LogP contribution in [0.2, 0.25) is 0 Å². The summed E-state index contributed by atoms with van der Waals surface area (Å²) in [6, 6.07) is 0. The molecule has 0 heterocycles. The molecule has 3 saturated carbocycles. The zero-order valence-electron chi connectivity index (χ0n) is 18.2. The van der Waals surface area contributed by atoms with Crippen LogP contribution in [0.1, 0.15) is 46.0 Å². The Morgan fingerprint density at radius 1 is 1.30 bits per heavy atom. The number of hydrogen-bond donors (Lipinski definition) is 4. The summed E-state index contributed by atoms with van der Waals surface area (Å²) in [5.41, 5.74) is -7.89. The lowest BCUT2D eigenvalue weighted by Crippen LogP contribution is -2.70. The molecule has 0 spiro atoms. The van der Waals surface area contributed by atoms with Crippen LogP contribution in [0.4, 0.5) is 8.78 Å². The number of allylic oxidation sites excluding steroid dienone is 4. The maximum absolute atomic E-state index is 17.0. The van der Waals surface area contributed by atoms with Gasteiger partial charge in [-0.1, -0.05) is 18.5 Å². The second-order valence-corrected chi connectivity index (χ2v) is 10.8. The standard InChI is InChI=1S/C23H27ClF2O7/c1-20-9-17(29)23(26)11(5-14(25)12-6-15(27)13(24)8-21(12,23)2)10(20)3-4-22(20,33)19(32)16(28)7-18(30)31/h6,8,10-11,14,16-17,28-29,33H,3-5,7,9H2,1-2H3,(H,30,31)/t10-,11-,14?,16?,17?,20-,21-,22-,23-/m0/s1. The lowest BCUT2D eigenvalue weighted by molar-refractivity contribution is -0.223. The minimum Gasteiger partial charge on any atom is -0.481 e. The summed E-state index contributed by atoms with van der Waals surface area (Å²) in [5, 5.41) is 41.3. The Balaban J connectivity index is 1.79. The molecule has 0 aromatic carbocycles. The zero-order chi connectivity index (χ0) is 24.7. The largest absolute Gasteiger partial charge is 0.481 e. The van der Waals surface area contributed by atoms with E-state index in [1.807, 2.05) is 0 Å². The number of ketones is 2. The van der Waals surface area contributed by atoms with Crippen LogP contribution in [0.15, 0.2) is 22.8 Å². The average molecular weight is 489 g/mol. The Labute approximate surface area is 194 Å². The summed E-state index contributed by atoms with van der Waals surface area (Å²) in [5.74, 6) is -5.05. The van der Waals surface area contributed by atoms with Gasteiger partial charge in [0.1, 0.15) is 17.9 Å². The van der Waals surface area contributed by atoms with E-state index in [4.69, 9.17) is 16.7 Å². The summed E-state index contributed by atoms with van der Waals surface area (Å²) in [4.78, 5) is 36.0. The molecular formula is C23H27ClF2O7. The molecule has 3 unspecified atom stereocenters. The molecule has 182 valence electrons. The molecule has 33 heavy (non-hydrogen) atoms. The van der Waals surface area contributed by atoms with Gasteiger partial charge in [-0.15, -0.1) is 0 Å². The van der Waals surface area contributed by atoms with Gasteiger partial charge in [0, 0.05) is 16.7 Å². The molecule has 0 aromatic rings. The minimum atomic E-state index is -2.43. The number of halogens is 3. The van der Waals surface area contributed by atoms with E-state index in [1.165, 1.54) is 13.8 Å². The Bertz CT molecular complexity index is 997. The Morgan fingerprint density at radius 2 is 1.94 bits per heavy atom. The lowest BCUT2D eigenvalue weighted by atomic mass is 9.44. The number of aliphatic hydroxyl groups excluding tert-OH is 2. The third-order valence-electron chi connectivity index (χ3n) is 8.92. The first-order chi connectivity index (χ1) is 15.1. The van der Waals surface area contributed by atoms with E-state index in [-0.39, 0.29) is 36.3 Å². The molecule has 0 amide bonds. The van der Waals surface area contributed by atoms with Crippen LogP contribution >= 0.6 is 11.6 Å². The van der Waals surface area contributed by atoms with Crippen molar-refractivity contribution >= 4 is 29.1 Å². The van der Waals surface area contributed by atoms with Gasteiger partial charge in [0.2, 0.25) is 0 Å². The highest BCUT2D eigenvalue weighted by Crippen LogP contribution is 2.70. The van der Waals surface area contributed by atoms with Crippen LogP contribution in [0.25, 0.3) is 0 Å². The molecule has 4 rings (SSSR count). The van der Waals surface area contributed by atoms with Gasteiger partial charge in [0.15, 0.2) is 17.2 Å². The summed E-state index contributed by atoms with van der Waals surface area (Å²) < 4.78 is 32.4. The maximum Gasteiger partial charge on any atom is 0.306 e. The fraction of sp³-hybridized carbons (Fsp3) is 0.696. The van der Waals surface area contributed by atoms with Crippen molar-refractivity contribution in [2.45, 2.75) is 75.6 Å². The quantitative estimate of drug-likeness (QED) is 0.476. The van der Waals surface area contributed by atoms with Crippen molar-refractivity contribution in [3.05, 3.63) is 22.8 Å². The third-order valence-corrected chi connectivity index (χ3v) is 9.21. The molecular weight excluding hydrogens is 462 g/mol. The molecule has 10 heteroatoms. The fourth-order valence-electron chi connectivity index (χ4n) is 7.20. The highest BCUT2D eigenvalue weighted by molar-refractivity contribution is 6.44. The second-order valence-electron chi connectivity index (χ2n) is 10.4. The topological polar surface area (TPSA) is 132 Å². The molecule has 4 aliphatic rings. The number of carbonyl (C=O) groups excluding carboxylic acids is 2. The molecule has 0 saturated heterocycles. The molecule has 0 bridgehead atoms. The van der Waals surface area contributed by atoms with Crippen LogP contribution in [-0.4, -0.2) is 67.6 Å². The number of carbonyl (C=O) groups is 3. The van der Waals surface area contributed by atoms with Gasteiger partial charge in [0.25, 0.3) is 0 Å². The van der Waals surface area contributed by atoms with E-state index in [9.17, 15) is 29.7 Å². The molecule has 0 radical (unpaired) electrons. The normalized spacial score (nSPS) is 47.6. The van der Waals surface area contributed by atoms with Crippen LogP contribution in [0, 0.1) is 22.7 Å². The number of hydrogen-bond acceptors (Lipinski definition) is 6. The Hall–Kier alpha value is -1.68. The van der Waals surface area contributed by atoms with E-state index in [0.717, 1.165) is 12.2 Å². The van der Waals surface area contributed by atoms with Gasteiger partial charge >= 0.3 is 5.97 Å². The van der Waals surface area contributed by atoms with Gasteiger partial charge in [0.05, 0.1) is 17.6 Å². The van der Waals surface area contributed by atoms with Crippen LogP contribution < -0.4 is 0 Å². The van der Waals surface area contributed by atoms with Crippen molar-refractivity contribution in [3.63, 3.8) is 0 Å².